The molecular weight excluding hydrogens is 887 g/mol. The molecule has 2 unspecified atom stereocenters. The van der Waals surface area contributed by atoms with Gasteiger partial charge in [-0.15, -0.1) is 0 Å². The lowest BCUT2D eigenvalue weighted by Crippen LogP contribution is -2.50. The first kappa shape index (κ1) is 60.3. The van der Waals surface area contributed by atoms with Gasteiger partial charge in [0.05, 0.1) is 24.4 Å². The summed E-state index contributed by atoms with van der Waals surface area (Å²) in [5.41, 5.74) is 2.51. The number of hydrogen-bond acceptors (Lipinski definition) is 7. The van der Waals surface area contributed by atoms with Gasteiger partial charge >= 0.3 is 5.97 Å². The molecule has 9 heteroatoms. The van der Waals surface area contributed by atoms with Gasteiger partial charge in [-0.25, -0.2) is 4.79 Å². The zero-order valence-corrected chi connectivity index (χ0v) is 48.2. The van der Waals surface area contributed by atoms with Crippen molar-refractivity contribution in [1.82, 2.24) is 4.90 Å². The van der Waals surface area contributed by atoms with E-state index in [-0.39, 0.29) is 28.3 Å². The number of esters is 1. The Balaban J connectivity index is 1.84. The van der Waals surface area contributed by atoms with Gasteiger partial charge in [-0.05, 0) is 78.8 Å². The van der Waals surface area contributed by atoms with Crippen molar-refractivity contribution in [3.8, 4) is 11.5 Å². The largest absolute Gasteiger partial charge is 0.489 e. The number of carbonyl (C=O) groups is 1. The molecule has 0 aromatic heterocycles. The van der Waals surface area contributed by atoms with Gasteiger partial charge in [0.1, 0.15) is 24.7 Å². The zero-order valence-electron chi connectivity index (χ0n) is 46.2. The summed E-state index contributed by atoms with van der Waals surface area (Å²) in [6.07, 6.45) is 23.9. The van der Waals surface area contributed by atoms with Crippen LogP contribution in [0, 0.1) is 0 Å². The standard InChI is InChI=1S/C60H101NO6Si2/c1-13-15-17-19-21-23-25-33-40-54(66-68(9,10)59(3,4)5)47-61(48-55(67-69(11,12)60(6,7)8)41-34-26-24-22-20-18-16-14-2)42-35-43-63-58(62)53-44-56(64-49-51-36-29-27-30-37-51)46-57(45-53)65-50-52-38-31-28-32-39-52/h27-32,36-39,44-46,54-55H,13-26,33-35,40-43,47-50H2,1-12H3. The van der Waals surface area contributed by atoms with Crippen LogP contribution in [-0.2, 0) is 26.8 Å². The van der Waals surface area contributed by atoms with Gasteiger partial charge in [-0.1, -0.05) is 219 Å². The number of rotatable bonds is 37. The predicted molar refractivity (Wildman–Crippen MR) is 298 cm³/mol. The highest BCUT2D eigenvalue weighted by Gasteiger charge is 2.41. The summed E-state index contributed by atoms with van der Waals surface area (Å²) in [6, 6.07) is 25.5. The lowest BCUT2D eigenvalue weighted by Gasteiger charge is -2.42. The fourth-order valence-electron chi connectivity index (χ4n) is 8.28. The van der Waals surface area contributed by atoms with Gasteiger partial charge in [0.25, 0.3) is 0 Å². The molecule has 0 amide bonds. The number of nitrogens with zero attached hydrogens (tertiary/aromatic N) is 1. The maximum absolute atomic E-state index is 13.9. The molecule has 3 rings (SSSR count). The Morgan fingerprint density at radius 3 is 1.28 bits per heavy atom. The number of ether oxygens (including phenoxy) is 3. The highest BCUT2D eigenvalue weighted by atomic mass is 28.4. The summed E-state index contributed by atoms with van der Waals surface area (Å²) >= 11 is 0. The van der Waals surface area contributed by atoms with Crippen molar-refractivity contribution in [2.24, 2.45) is 0 Å². The summed E-state index contributed by atoms with van der Waals surface area (Å²) in [7, 11) is -4.13. The van der Waals surface area contributed by atoms with Crippen molar-refractivity contribution in [2.45, 2.75) is 239 Å². The van der Waals surface area contributed by atoms with E-state index in [2.05, 4.69) is 86.5 Å². The van der Waals surface area contributed by atoms with Crippen LogP contribution in [0.1, 0.15) is 199 Å². The molecule has 0 aliphatic rings. The summed E-state index contributed by atoms with van der Waals surface area (Å²) in [6.45, 7) is 31.9. The Morgan fingerprint density at radius 2 is 0.899 bits per heavy atom. The smallest absolute Gasteiger partial charge is 0.338 e. The topological polar surface area (TPSA) is 66.5 Å². The fraction of sp³-hybridized carbons (Fsp3) is 0.683. The van der Waals surface area contributed by atoms with Gasteiger partial charge in [-0.3, -0.25) is 4.90 Å². The second kappa shape index (κ2) is 32.2. The lowest BCUT2D eigenvalue weighted by atomic mass is 10.0. The van der Waals surface area contributed by atoms with Gasteiger partial charge in [0.15, 0.2) is 16.6 Å². The zero-order chi connectivity index (χ0) is 50.6. The molecule has 69 heavy (non-hydrogen) atoms. The van der Waals surface area contributed by atoms with Crippen LogP contribution in [0.2, 0.25) is 36.3 Å². The first-order valence-corrected chi connectivity index (χ1v) is 33.4. The number of hydrogen-bond donors (Lipinski definition) is 0. The van der Waals surface area contributed by atoms with Crippen LogP contribution in [0.5, 0.6) is 11.5 Å². The molecule has 0 saturated carbocycles. The first-order valence-electron chi connectivity index (χ1n) is 27.6. The Bertz CT molecular complexity index is 1670. The van der Waals surface area contributed by atoms with Gasteiger partial charge in [0, 0.05) is 25.7 Å². The van der Waals surface area contributed by atoms with Crippen LogP contribution < -0.4 is 9.47 Å². The Labute approximate surface area is 425 Å². The maximum atomic E-state index is 13.9. The van der Waals surface area contributed by atoms with E-state index in [0.29, 0.717) is 43.3 Å². The molecule has 3 aromatic rings. The van der Waals surface area contributed by atoms with Crippen LogP contribution in [0.15, 0.2) is 78.9 Å². The second-order valence-electron chi connectivity index (χ2n) is 23.0. The van der Waals surface area contributed by atoms with Crippen LogP contribution >= 0.6 is 0 Å². The molecule has 0 N–H and O–H groups in total. The minimum Gasteiger partial charge on any atom is -0.489 e. The maximum Gasteiger partial charge on any atom is 0.338 e. The third-order valence-corrected chi connectivity index (χ3v) is 23.8. The average Bonchev–Trinajstić information content (AvgIpc) is 3.30. The fourth-order valence-corrected chi connectivity index (χ4v) is 11.0. The Hall–Kier alpha value is -2.96. The molecular formula is C60H101NO6Si2. The molecule has 7 nitrogen and oxygen atoms in total. The Morgan fingerprint density at radius 1 is 0.522 bits per heavy atom. The van der Waals surface area contributed by atoms with Crippen molar-refractivity contribution >= 4 is 22.6 Å². The molecule has 0 aliphatic heterocycles. The van der Waals surface area contributed by atoms with E-state index < -0.39 is 16.6 Å². The van der Waals surface area contributed by atoms with Gasteiger partial charge < -0.3 is 23.1 Å². The van der Waals surface area contributed by atoms with E-state index >= 15 is 0 Å². The van der Waals surface area contributed by atoms with Crippen molar-refractivity contribution < 1.29 is 27.9 Å². The third-order valence-electron chi connectivity index (χ3n) is 14.7. The second-order valence-corrected chi connectivity index (χ2v) is 32.5. The Kier molecular flexibility index (Phi) is 28.1. The summed E-state index contributed by atoms with van der Waals surface area (Å²) in [4.78, 5) is 16.5. The van der Waals surface area contributed by atoms with E-state index in [1.165, 1.54) is 103 Å². The summed E-state index contributed by atoms with van der Waals surface area (Å²) in [5.74, 6) is 0.756. The van der Waals surface area contributed by atoms with Gasteiger partial charge in [-0.2, -0.15) is 0 Å². The monoisotopic (exact) mass is 988 g/mol. The molecule has 0 fully saturated rings. The predicted octanol–water partition coefficient (Wildman–Crippen LogP) is 17.5. The molecule has 390 valence electrons. The molecule has 0 radical (unpaired) electrons. The minimum atomic E-state index is -2.06. The average molecular weight is 989 g/mol. The molecule has 0 bridgehead atoms. The van der Waals surface area contributed by atoms with E-state index in [1.807, 2.05) is 66.7 Å². The number of carbonyl (C=O) groups excluding carboxylic acids is 1. The molecule has 3 aromatic carbocycles. The number of benzene rings is 3. The number of unbranched alkanes of at least 4 members (excludes halogenated alkanes) is 14. The SMILES string of the molecule is CCCCCCCCCCC(CN(CCCOC(=O)c1cc(OCc2ccccc2)cc(OCc2ccccc2)c1)CC(CCCCCCCCCC)O[Si](C)(C)C(C)(C)C)O[Si](C)(C)C(C)(C)C. The van der Waals surface area contributed by atoms with Crippen molar-refractivity contribution in [2.75, 3.05) is 26.2 Å². The summed E-state index contributed by atoms with van der Waals surface area (Å²) < 4.78 is 33.3. The minimum absolute atomic E-state index is 0.115. The molecule has 0 saturated heterocycles. The van der Waals surface area contributed by atoms with Crippen LogP contribution in [0.25, 0.3) is 0 Å². The van der Waals surface area contributed by atoms with Crippen LogP contribution in [0.4, 0.5) is 0 Å². The normalized spacial score (nSPS) is 13.4. The highest BCUT2D eigenvalue weighted by molar-refractivity contribution is 6.74. The first-order chi connectivity index (χ1) is 32.8. The lowest BCUT2D eigenvalue weighted by molar-refractivity contribution is 0.0433. The van der Waals surface area contributed by atoms with Crippen molar-refractivity contribution in [3.05, 3.63) is 95.6 Å². The van der Waals surface area contributed by atoms with Crippen molar-refractivity contribution in [1.29, 1.82) is 0 Å². The van der Waals surface area contributed by atoms with Gasteiger partial charge in [0.2, 0.25) is 0 Å². The van der Waals surface area contributed by atoms with Crippen LogP contribution in [-0.4, -0.2) is 66.0 Å². The van der Waals surface area contributed by atoms with E-state index in [0.717, 1.165) is 43.6 Å². The van der Waals surface area contributed by atoms with Crippen molar-refractivity contribution in [3.63, 3.8) is 0 Å². The molecule has 0 aliphatic carbocycles. The molecule has 0 spiro atoms. The quantitative estimate of drug-likeness (QED) is 0.0324. The highest BCUT2D eigenvalue weighted by Crippen LogP contribution is 2.39. The molecule has 2 atom stereocenters. The summed E-state index contributed by atoms with van der Waals surface area (Å²) in [5, 5.41) is 0.231. The molecule has 0 heterocycles. The van der Waals surface area contributed by atoms with E-state index in [4.69, 9.17) is 23.1 Å². The van der Waals surface area contributed by atoms with Crippen LogP contribution in [0.3, 0.4) is 0 Å². The third kappa shape index (κ3) is 24.8. The van der Waals surface area contributed by atoms with E-state index in [1.54, 1.807) is 12.1 Å². The van der Waals surface area contributed by atoms with E-state index in [9.17, 15) is 4.79 Å².